The third-order valence-electron chi connectivity index (χ3n) is 6.28. The van der Waals surface area contributed by atoms with E-state index in [-0.39, 0.29) is 12.1 Å². The molecule has 2 saturated heterocycles. The third-order valence-corrected chi connectivity index (χ3v) is 7.13. The van der Waals surface area contributed by atoms with Crippen LogP contribution in [0.25, 0.3) is 0 Å². The number of anilines is 1. The first-order valence-electron chi connectivity index (χ1n) is 10.7. The topological polar surface area (TPSA) is 56.8 Å². The van der Waals surface area contributed by atoms with Crippen molar-refractivity contribution in [3.05, 3.63) is 27.7 Å². The van der Waals surface area contributed by atoms with E-state index >= 15 is 0 Å². The Morgan fingerprint density at radius 2 is 1.93 bits per heavy atom. The minimum atomic E-state index is -0.0942. The van der Waals surface area contributed by atoms with Crippen LogP contribution < -0.4 is 10.6 Å². The molecule has 160 valence electrons. The fourth-order valence-corrected chi connectivity index (χ4v) is 5.08. The summed E-state index contributed by atoms with van der Waals surface area (Å²) in [7, 11) is 0. The van der Waals surface area contributed by atoms with Gasteiger partial charge in [-0.3, -0.25) is 4.90 Å². The number of ether oxygens (including phenoxy) is 1. The first-order valence-corrected chi connectivity index (χ1v) is 11.5. The van der Waals surface area contributed by atoms with Gasteiger partial charge in [0.25, 0.3) is 0 Å². The van der Waals surface area contributed by atoms with E-state index < -0.39 is 0 Å². The van der Waals surface area contributed by atoms with E-state index in [1.165, 1.54) is 25.7 Å². The molecule has 1 atom stereocenters. The number of hydrogen-bond acceptors (Lipinski definition) is 4. The van der Waals surface area contributed by atoms with E-state index in [0.29, 0.717) is 35.6 Å². The van der Waals surface area contributed by atoms with Crippen molar-refractivity contribution < 1.29 is 9.53 Å². The lowest BCUT2D eigenvalue weighted by atomic mass is 10.0. The number of piperazine rings is 1. The van der Waals surface area contributed by atoms with Crippen molar-refractivity contribution in [3.8, 4) is 0 Å². The molecule has 1 aliphatic carbocycles. The van der Waals surface area contributed by atoms with E-state index in [0.717, 1.165) is 44.0 Å². The maximum atomic E-state index is 12.7. The van der Waals surface area contributed by atoms with Crippen molar-refractivity contribution >= 4 is 34.9 Å². The van der Waals surface area contributed by atoms with Crippen molar-refractivity contribution in [3.63, 3.8) is 0 Å². The zero-order valence-electron chi connectivity index (χ0n) is 16.8. The molecule has 1 saturated carbocycles. The number of urea groups is 1. The molecule has 6 nitrogen and oxygen atoms in total. The van der Waals surface area contributed by atoms with Crippen molar-refractivity contribution in [2.75, 3.05) is 51.2 Å². The number of morpholine rings is 1. The van der Waals surface area contributed by atoms with E-state index in [9.17, 15) is 4.79 Å². The van der Waals surface area contributed by atoms with Gasteiger partial charge in [0.05, 0.1) is 22.8 Å². The number of benzene rings is 1. The SMILES string of the molecule is O=C(Nc1ccc(Cl)c(Cl)c1C[C@H]1CN(C2CCCC2)CCO1)N1CCNCC1. The van der Waals surface area contributed by atoms with E-state index in [2.05, 4.69) is 15.5 Å². The normalized spacial score (nSPS) is 24.1. The number of nitrogens with one attached hydrogen (secondary N) is 2. The van der Waals surface area contributed by atoms with Crippen LogP contribution in [0.4, 0.5) is 10.5 Å². The van der Waals surface area contributed by atoms with Crippen molar-refractivity contribution in [1.82, 2.24) is 15.1 Å². The third kappa shape index (κ3) is 5.17. The summed E-state index contributed by atoms with van der Waals surface area (Å²) in [6.45, 7) is 5.66. The van der Waals surface area contributed by atoms with Gasteiger partial charge in [-0.2, -0.15) is 0 Å². The lowest BCUT2D eigenvalue weighted by Gasteiger charge is -2.37. The number of halogens is 2. The number of rotatable bonds is 4. The Kier molecular flexibility index (Phi) is 7.19. The summed E-state index contributed by atoms with van der Waals surface area (Å²) in [5, 5.41) is 7.32. The summed E-state index contributed by atoms with van der Waals surface area (Å²) in [5.74, 6) is 0. The van der Waals surface area contributed by atoms with Crippen LogP contribution in [0, 0.1) is 0 Å². The Hall–Kier alpha value is -1.05. The maximum absolute atomic E-state index is 12.7. The van der Waals surface area contributed by atoms with Gasteiger partial charge < -0.3 is 20.3 Å². The highest BCUT2D eigenvalue weighted by Gasteiger charge is 2.30. The molecule has 2 aliphatic heterocycles. The second-order valence-electron chi connectivity index (χ2n) is 8.18. The fraction of sp³-hybridized carbons (Fsp3) is 0.667. The largest absolute Gasteiger partial charge is 0.375 e. The van der Waals surface area contributed by atoms with Crippen LogP contribution in [0.15, 0.2) is 12.1 Å². The molecule has 2 heterocycles. The molecule has 0 unspecified atom stereocenters. The minimum Gasteiger partial charge on any atom is -0.375 e. The Morgan fingerprint density at radius 1 is 1.17 bits per heavy atom. The van der Waals surface area contributed by atoms with Gasteiger partial charge in [0, 0.05) is 57.4 Å². The number of hydrogen-bond donors (Lipinski definition) is 2. The number of carbonyl (C=O) groups is 1. The Labute approximate surface area is 182 Å². The predicted molar refractivity (Wildman–Crippen MR) is 117 cm³/mol. The van der Waals surface area contributed by atoms with Crippen LogP contribution in [-0.4, -0.2) is 73.9 Å². The molecule has 1 aromatic carbocycles. The summed E-state index contributed by atoms with van der Waals surface area (Å²) in [4.78, 5) is 17.1. The van der Waals surface area contributed by atoms with Crippen molar-refractivity contribution in [2.45, 2.75) is 44.2 Å². The average Bonchev–Trinajstić information content (AvgIpc) is 3.29. The Morgan fingerprint density at radius 3 is 2.69 bits per heavy atom. The molecule has 2 amide bonds. The first kappa shape index (κ1) is 21.2. The van der Waals surface area contributed by atoms with Gasteiger partial charge in [-0.25, -0.2) is 4.79 Å². The molecule has 0 aromatic heterocycles. The Balaban J connectivity index is 1.46. The van der Waals surface area contributed by atoms with Gasteiger partial charge in [0.2, 0.25) is 0 Å². The summed E-state index contributed by atoms with van der Waals surface area (Å²) >= 11 is 12.9. The minimum absolute atomic E-state index is 0.0511. The van der Waals surface area contributed by atoms with Gasteiger partial charge in [0.15, 0.2) is 0 Å². The molecule has 3 aliphatic rings. The highest BCUT2D eigenvalue weighted by Crippen LogP contribution is 2.34. The number of nitrogens with zero attached hydrogens (tertiary/aromatic N) is 2. The molecular weight excluding hydrogens is 411 g/mol. The summed E-state index contributed by atoms with van der Waals surface area (Å²) in [6, 6.07) is 4.18. The maximum Gasteiger partial charge on any atom is 0.321 e. The molecule has 0 bridgehead atoms. The molecule has 1 aromatic rings. The van der Waals surface area contributed by atoms with Gasteiger partial charge in [-0.1, -0.05) is 36.0 Å². The highest BCUT2D eigenvalue weighted by molar-refractivity contribution is 6.42. The molecule has 29 heavy (non-hydrogen) atoms. The van der Waals surface area contributed by atoms with Gasteiger partial charge >= 0.3 is 6.03 Å². The van der Waals surface area contributed by atoms with Gasteiger partial charge in [0.1, 0.15) is 0 Å². The zero-order valence-corrected chi connectivity index (χ0v) is 18.3. The van der Waals surface area contributed by atoms with Crippen LogP contribution in [0.5, 0.6) is 0 Å². The lowest BCUT2D eigenvalue weighted by Crippen LogP contribution is -2.48. The van der Waals surface area contributed by atoms with Crippen molar-refractivity contribution in [2.24, 2.45) is 0 Å². The lowest BCUT2D eigenvalue weighted by molar-refractivity contribution is -0.0415. The Bertz CT molecular complexity index is 721. The van der Waals surface area contributed by atoms with Gasteiger partial charge in [-0.05, 0) is 30.5 Å². The molecule has 4 rings (SSSR count). The predicted octanol–water partition coefficient (Wildman–Crippen LogP) is 3.62. The molecule has 3 fully saturated rings. The quantitative estimate of drug-likeness (QED) is 0.750. The number of carbonyl (C=O) groups excluding carboxylic acids is 1. The van der Waals surface area contributed by atoms with E-state index in [1.54, 1.807) is 6.07 Å². The van der Waals surface area contributed by atoms with E-state index in [4.69, 9.17) is 27.9 Å². The van der Waals surface area contributed by atoms with Crippen LogP contribution in [-0.2, 0) is 11.2 Å². The zero-order chi connectivity index (χ0) is 20.2. The van der Waals surface area contributed by atoms with Crippen LogP contribution in [0.3, 0.4) is 0 Å². The molecule has 2 N–H and O–H groups in total. The number of amides is 2. The van der Waals surface area contributed by atoms with Crippen LogP contribution >= 0.6 is 23.2 Å². The highest BCUT2D eigenvalue weighted by atomic mass is 35.5. The standard InChI is InChI=1S/C21H30Cl2N4O2/c22-18-5-6-19(25-21(28)26-9-7-24-8-10-26)17(20(18)23)13-16-14-27(11-12-29-16)15-3-1-2-4-15/h5-6,15-16,24H,1-4,7-14H2,(H,25,28)/t16-/m0/s1. The summed E-state index contributed by atoms with van der Waals surface area (Å²) in [6.07, 6.45) is 5.92. The first-order chi connectivity index (χ1) is 14.1. The summed E-state index contributed by atoms with van der Waals surface area (Å²) in [5.41, 5.74) is 1.59. The van der Waals surface area contributed by atoms with Crippen molar-refractivity contribution in [1.29, 1.82) is 0 Å². The molecule has 0 spiro atoms. The second kappa shape index (κ2) is 9.84. The van der Waals surface area contributed by atoms with Crippen LogP contribution in [0.1, 0.15) is 31.2 Å². The van der Waals surface area contributed by atoms with E-state index in [1.807, 2.05) is 11.0 Å². The molecule has 0 radical (unpaired) electrons. The molecular formula is C21H30Cl2N4O2. The van der Waals surface area contributed by atoms with Crippen LogP contribution in [0.2, 0.25) is 10.0 Å². The molecule has 8 heteroatoms. The summed E-state index contributed by atoms with van der Waals surface area (Å²) < 4.78 is 6.07. The van der Waals surface area contributed by atoms with Gasteiger partial charge in [-0.15, -0.1) is 0 Å². The second-order valence-corrected chi connectivity index (χ2v) is 8.97. The smallest absolute Gasteiger partial charge is 0.321 e. The fourth-order valence-electron chi connectivity index (χ4n) is 4.67. The average molecular weight is 441 g/mol. The monoisotopic (exact) mass is 440 g/mol.